The van der Waals surface area contributed by atoms with E-state index >= 15 is 0 Å². The molecule has 0 amide bonds. The zero-order valence-electron chi connectivity index (χ0n) is 9.40. The van der Waals surface area contributed by atoms with Crippen LogP contribution >= 0.6 is 0 Å². The molecule has 14 heavy (non-hydrogen) atoms. The first-order valence-electron chi connectivity index (χ1n) is 5.49. The Labute approximate surface area is 87.1 Å². The van der Waals surface area contributed by atoms with Gasteiger partial charge in [0, 0.05) is 6.04 Å². The smallest absolute Gasteiger partial charge is 0.189 e. The molecule has 5 N–H and O–H groups in total. The molecule has 0 spiro atoms. The van der Waals surface area contributed by atoms with Crippen LogP contribution in [0.1, 0.15) is 46.0 Å². The average molecular weight is 200 g/mol. The van der Waals surface area contributed by atoms with Gasteiger partial charge >= 0.3 is 0 Å². The van der Waals surface area contributed by atoms with Gasteiger partial charge in [0.05, 0.1) is 6.67 Å². The predicted octanol–water partition coefficient (Wildman–Crippen LogP) is 1.38. The molecule has 4 nitrogen and oxygen atoms in total. The lowest BCUT2D eigenvalue weighted by atomic mass is 10.1. The third-order valence-electron chi connectivity index (χ3n) is 2.16. The molecule has 0 saturated carbocycles. The lowest BCUT2D eigenvalue weighted by Gasteiger charge is -2.15. The van der Waals surface area contributed by atoms with E-state index in [2.05, 4.69) is 24.5 Å². The fraction of sp³-hybridized carbons (Fsp3) is 0.900. The summed E-state index contributed by atoms with van der Waals surface area (Å²) in [5.74, 6) is 0.329. The van der Waals surface area contributed by atoms with Crippen LogP contribution in [0.2, 0.25) is 0 Å². The van der Waals surface area contributed by atoms with Crippen LogP contribution in [-0.4, -0.2) is 18.7 Å². The fourth-order valence-corrected chi connectivity index (χ4v) is 1.35. The Morgan fingerprint density at radius 1 is 1.36 bits per heavy atom. The molecule has 84 valence electrons. The average Bonchev–Trinajstić information content (AvgIpc) is 2.13. The van der Waals surface area contributed by atoms with Gasteiger partial charge in [-0.2, -0.15) is 0 Å². The molecule has 0 rings (SSSR count). The first-order chi connectivity index (χ1) is 6.70. The summed E-state index contributed by atoms with van der Waals surface area (Å²) in [5.41, 5.74) is 5.25. The van der Waals surface area contributed by atoms with Gasteiger partial charge < -0.3 is 16.4 Å². The molecule has 0 aromatic carbocycles. The molecule has 1 unspecified atom stereocenters. The van der Waals surface area contributed by atoms with Crippen LogP contribution in [0.5, 0.6) is 0 Å². The van der Waals surface area contributed by atoms with Gasteiger partial charge in [-0.15, -0.1) is 0 Å². The maximum absolute atomic E-state index is 7.43. The Hall–Kier alpha value is -0.770. The second-order valence-electron chi connectivity index (χ2n) is 3.65. The highest BCUT2D eigenvalue weighted by Gasteiger charge is 2.02. The molecule has 0 bridgehead atoms. The normalized spacial score (nSPS) is 12.2. The van der Waals surface area contributed by atoms with Crippen LogP contribution in [-0.2, 0) is 0 Å². The minimum Gasteiger partial charge on any atom is -0.354 e. The highest BCUT2D eigenvalue weighted by atomic mass is 15.2. The number of rotatable bonds is 7. The summed E-state index contributed by atoms with van der Waals surface area (Å²) in [5, 5.41) is 13.2. The van der Waals surface area contributed by atoms with Gasteiger partial charge in [-0.3, -0.25) is 5.41 Å². The zero-order valence-corrected chi connectivity index (χ0v) is 9.40. The van der Waals surface area contributed by atoms with E-state index in [0.717, 1.165) is 6.42 Å². The maximum Gasteiger partial charge on any atom is 0.189 e. The van der Waals surface area contributed by atoms with Crippen molar-refractivity contribution in [2.45, 2.75) is 52.0 Å². The molecule has 0 aromatic heterocycles. The number of unbranched alkanes of at least 4 members (excludes halogenated alkanes) is 3. The number of hydrogen-bond acceptors (Lipinski definition) is 2. The Balaban J connectivity index is 3.35. The Kier molecular flexibility index (Phi) is 8.33. The van der Waals surface area contributed by atoms with E-state index in [1.807, 2.05) is 0 Å². The summed E-state index contributed by atoms with van der Waals surface area (Å²) in [4.78, 5) is 0. The lowest BCUT2D eigenvalue weighted by Crippen LogP contribution is -2.43. The molecule has 0 heterocycles. The quantitative estimate of drug-likeness (QED) is 0.217. The maximum atomic E-state index is 7.43. The molecule has 1 atom stereocenters. The van der Waals surface area contributed by atoms with Crippen molar-refractivity contribution in [2.24, 2.45) is 5.73 Å². The summed E-state index contributed by atoms with van der Waals surface area (Å²) in [6, 6.07) is 0.360. The summed E-state index contributed by atoms with van der Waals surface area (Å²) < 4.78 is 0. The van der Waals surface area contributed by atoms with Crippen LogP contribution in [0, 0.1) is 5.41 Å². The van der Waals surface area contributed by atoms with Gasteiger partial charge in [-0.25, -0.2) is 0 Å². The highest BCUT2D eigenvalue weighted by molar-refractivity contribution is 5.76. The highest BCUT2D eigenvalue weighted by Crippen LogP contribution is 2.04. The molecule has 4 heteroatoms. The first kappa shape index (κ1) is 13.2. The lowest BCUT2D eigenvalue weighted by molar-refractivity contribution is 0.536. The largest absolute Gasteiger partial charge is 0.354 e. The van der Waals surface area contributed by atoms with Crippen LogP contribution in [0.15, 0.2) is 0 Å². The molecule has 0 saturated heterocycles. The standard InChI is InChI=1S/C10H24N4/c1-3-4-5-6-7-9(2)14-10(12)13-8-11/h9H,3-8,11H2,1-2H3,(H3,12,13,14). The third kappa shape index (κ3) is 7.86. The first-order valence-corrected chi connectivity index (χ1v) is 5.49. The molecule has 0 aliphatic carbocycles. The van der Waals surface area contributed by atoms with Crippen LogP contribution in [0.3, 0.4) is 0 Å². The predicted molar refractivity (Wildman–Crippen MR) is 61.3 cm³/mol. The molecular weight excluding hydrogens is 176 g/mol. The van der Waals surface area contributed by atoms with Gasteiger partial charge in [0.1, 0.15) is 0 Å². The Morgan fingerprint density at radius 2 is 2.07 bits per heavy atom. The van der Waals surface area contributed by atoms with Gasteiger partial charge in [-0.1, -0.05) is 32.6 Å². The zero-order chi connectivity index (χ0) is 10.8. The van der Waals surface area contributed by atoms with Gasteiger partial charge in [-0.05, 0) is 13.3 Å². The van der Waals surface area contributed by atoms with Crippen LogP contribution < -0.4 is 16.4 Å². The molecule has 0 aliphatic heterocycles. The summed E-state index contributed by atoms with van der Waals surface area (Å²) in [6.07, 6.45) is 6.23. The minimum absolute atomic E-state index is 0.314. The van der Waals surface area contributed by atoms with E-state index in [1.165, 1.54) is 25.7 Å². The summed E-state index contributed by atoms with van der Waals surface area (Å²) in [6.45, 7) is 4.62. The Morgan fingerprint density at radius 3 is 2.64 bits per heavy atom. The topological polar surface area (TPSA) is 73.9 Å². The van der Waals surface area contributed by atoms with E-state index in [4.69, 9.17) is 11.1 Å². The van der Waals surface area contributed by atoms with Crippen molar-refractivity contribution in [3.8, 4) is 0 Å². The molecule has 0 fully saturated rings. The van der Waals surface area contributed by atoms with Crippen LogP contribution in [0.25, 0.3) is 0 Å². The van der Waals surface area contributed by atoms with Crippen molar-refractivity contribution < 1.29 is 0 Å². The summed E-state index contributed by atoms with van der Waals surface area (Å²) >= 11 is 0. The van der Waals surface area contributed by atoms with E-state index in [9.17, 15) is 0 Å². The van der Waals surface area contributed by atoms with Crippen LogP contribution in [0.4, 0.5) is 0 Å². The third-order valence-corrected chi connectivity index (χ3v) is 2.16. The molecule has 0 aliphatic rings. The molecule has 0 aromatic rings. The summed E-state index contributed by atoms with van der Waals surface area (Å²) in [7, 11) is 0. The molecule has 0 radical (unpaired) electrons. The van der Waals surface area contributed by atoms with E-state index in [0.29, 0.717) is 18.7 Å². The number of guanidine groups is 1. The number of nitrogens with one attached hydrogen (secondary N) is 3. The van der Waals surface area contributed by atoms with Crippen molar-refractivity contribution in [1.29, 1.82) is 5.41 Å². The van der Waals surface area contributed by atoms with Crippen molar-refractivity contribution >= 4 is 5.96 Å². The number of hydrogen-bond donors (Lipinski definition) is 4. The van der Waals surface area contributed by atoms with Crippen molar-refractivity contribution in [2.75, 3.05) is 6.67 Å². The van der Waals surface area contributed by atoms with Gasteiger partial charge in [0.25, 0.3) is 0 Å². The SMILES string of the molecule is CCCCCCC(C)NC(=N)NCN. The monoisotopic (exact) mass is 200 g/mol. The van der Waals surface area contributed by atoms with E-state index in [-0.39, 0.29) is 0 Å². The Bertz CT molecular complexity index is 147. The fourth-order valence-electron chi connectivity index (χ4n) is 1.35. The molecular formula is C10H24N4. The van der Waals surface area contributed by atoms with Crippen molar-refractivity contribution in [3.63, 3.8) is 0 Å². The second-order valence-corrected chi connectivity index (χ2v) is 3.65. The number of nitrogens with two attached hydrogens (primary N) is 1. The van der Waals surface area contributed by atoms with Crippen molar-refractivity contribution in [1.82, 2.24) is 10.6 Å². The van der Waals surface area contributed by atoms with Gasteiger partial charge in [0.2, 0.25) is 0 Å². The van der Waals surface area contributed by atoms with Gasteiger partial charge in [0.15, 0.2) is 5.96 Å². The van der Waals surface area contributed by atoms with E-state index < -0.39 is 0 Å². The van der Waals surface area contributed by atoms with Crippen molar-refractivity contribution in [3.05, 3.63) is 0 Å². The second kappa shape index (κ2) is 8.81. The minimum atomic E-state index is 0.314. The van der Waals surface area contributed by atoms with E-state index in [1.54, 1.807) is 0 Å².